The standard InChI is InChI=1S/C23H19NO4/c1-2-24-18-12-7-6-11-17(18)21(22(24)16-9-4-3-5-10-16)19(25)15-28-23(26)20-13-8-14-27-20/h3-14H,2,15H2,1H3. The number of nitrogens with zero attached hydrogens (tertiary/aromatic N) is 1. The predicted molar refractivity (Wildman–Crippen MR) is 106 cm³/mol. The van der Waals surface area contributed by atoms with E-state index in [1.807, 2.05) is 61.5 Å². The van der Waals surface area contributed by atoms with Gasteiger partial charge in [-0.05, 0) is 30.7 Å². The van der Waals surface area contributed by atoms with Crippen molar-refractivity contribution in [2.45, 2.75) is 13.5 Å². The third-order valence-electron chi connectivity index (χ3n) is 4.67. The first-order valence-corrected chi connectivity index (χ1v) is 9.11. The summed E-state index contributed by atoms with van der Waals surface area (Å²) in [5, 5.41) is 0.849. The van der Waals surface area contributed by atoms with Gasteiger partial charge in [-0.25, -0.2) is 4.79 Å². The minimum Gasteiger partial charge on any atom is -0.457 e. The van der Waals surface area contributed by atoms with Gasteiger partial charge < -0.3 is 13.7 Å². The Bertz CT molecular complexity index is 1120. The average Bonchev–Trinajstić information content (AvgIpc) is 3.38. The lowest BCUT2D eigenvalue weighted by atomic mass is 10.0. The number of furan rings is 1. The van der Waals surface area contributed by atoms with Gasteiger partial charge in [-0.2, -0.15) is 0 Å². The highest BCUT2D eigenvalue weighted by Crippen LogP contribution is 2.34. The summed E-state index contributed by atoms with van der Waals surface area (Å²) >= 11 is 0. The van der Waals surface area contributed by atoms with Crippen LogP contribution in [-0.2, 0) is 11.3 Å². The van der Waals surface area contributed by atoms with Gasteiger partial charge in [-0.3, -0.25) is 4.79 Å². The molecule has 5 nitrogen and oxygen atoms in total. The van der Waals surface area contributed by atoms with Crippen molar-refractivity contribution in [3.05, 3.63) is 84.3 Å². The molecule has 0 aliphatic rings. The van der Waals surface area contributed by atoms with Crippen molar-refractivity contribution in [1.82, 2.24) is 4.57 Å². The number of ether oxygens (including phenoxy) is 1. The highest BCUT2D eigenvalue weighted by Gasteiger charge is 2.24. The molecule has 0 N–H and O–H groups in total. The van der Waals surface area contributed by atoms with Crippen molar-refractivity contribution in [2.24, 2.45) is 0 Å². The van der Waals surface area contributed by atoms with E-state index in [4.69, 9.17) is 9.15 Å². The van der Waals surface area contributed by atoms with Crippen LogP contribution in [0.1, 0.15) is 27.8 Å². The molecule has 2 aromatic heterocycles. The third kappa shape index (κ3) is 3.11. The molecule has 0 fully saturated rings. The summed E-state index contributed by atoms with van der Waals surface area (Å²) in [5.41, 5.74) is 3.32. The van der Waals surface area contributed by atoms with Gasteiger partial charge in [-0.15, -0.1) is 0 Å². The SMILES string of the molecule is CCn1c(-c2ccccc2)c(C(=O)COC(=O)c2ccco2)c2ccccc21. The molecule has 4 rings (SSSR count). The third-order valence-corrected chi connectivity index (χ3v) is 4.67. The molecular formula is C23H19NO4. The Morgan fingerprint density at radius 1 is 0.964 bits per heavy atom. The number of benzene rings is 2. The van der Waals surface area contributed by atoms with Gasteiger partial charge in [0.05, 0.1) is 17.5 Å². The van der Waals surface area contributed by atoms with Gasteiger partial charge in [-0.1, -0.05) is 48.5 Å². The second-order valence-corrected chi connectivity index (χ2v) is 6.33. The smallest absolute Gasteiger partial charge is 0.374 e. The lowest BCUT2D eigenvalue weighted by Crippen LogP contribution is -2.15. The normalized spacial score (nSPS) is 10.9. The molecule has 2 aromatic carbocycles. The number of Topliss-reactive ketones (excluding diaryl/α,β-unsaturated/α-hetero) is 1. The van der Waals surface area contributed by atoms with E-state index in [0.29, 0.717) is 12.1 Å². The summed E-state index contributed by atoms with van der Waals surface area (Å²) in [5.74, 6) is -0.826. The molecule has 0 unspecified atom stereocenters. The van der Waals surface area contributed by atoms with Crippen LogP contribution in [0, 0.1) is 0 Å². The van der Waals surface area contributed by atoms with Crippen LogP contribution in [0.25, 0.3) is 22.2 Å². The van der Waals surface area contributed by atoms with E-state index >= 15 is 0 Å². The molecule has 0 saturated heterocycles. The summed E-state index contributed by atoms with van der Waals surface area (Å²) in [4.78, 5) is 25.2. The van der Waals surface area contributed by atoms with E-state index in [9.17, 15) is 9.59 Å². The minimum absolute atomic E-state index is 0.0760. The van der Waals surface area contributed by atoms with Gasteiger partial charge in [0.15, 0.2) is 6.61 Å². The molecule has 140 valence electrons. The van der Waals surface area contributed by atoms with Crippen molar-refractivity contribution < 1.29 is 18.7 Å². The zero-order valence-corrected chi connectivity index (χ0v) is 15.4. The summed E-state index contributed by atoms with van der Waals surface area (Å²) in [6, 6.07) is 20.7. The lowest BCUT2D eigenvalue weighted by Gasteiger charge is -2.10. The molecule has 5 heteroatoms. The highest BCUT2D eigenvalue weighted by atomic mass is 16.5. The number of carbonyl (C=O) groups is 2. The lowest BCUT2D eigenvalue weighted by molar-refractivity contribution is 0.0444. The van der Waals surface area contributed by atoms with E-state index in [1.54, 1.807) is 6.07 Å². The van der Waals surface area contributed by atoms with Crippen molar-refractivity contribution in [2.75, 3.05) is 6.61 Å². The van der Waals surface area contributed by atoms with Crippen LogP contribution in [-0.4, -0.2) is 22.9 Å². The van der Waals surface area contributed by atoms with Crippen LogP contribution in [0.15, 0.2) is 77.4 Å². The fourth-order valence-corrected chi connectivity index (χ4v) is 3.48. The molecular weight excluding hydrogens is 354 g/mol. The number of aromatic nitrogens is 1. The number of carbonyl (C=O) groups excluding carboxylic acids is 2. The number of para-hydroxylation sites is 1. The van der Waals surface area contributed by atoms with Crippen molar-refractivity contribution >= 4 is 22.7 Å². The van der Waals surface area contributed by atoms with Gasteiger partial charge >= 0.3 is 5.97 Å². The molecule has 0 amide bonds. The molecule has 0 saturated carbocycles. The Kier molecular flexibility index (Phi) is 4.81. The number of fused-ring (bicyclic) bond motifs is 1. The molecule has 4 aromatic rings. The summed E-state index contributed by atoms with van der Waals surface area (Å²) in [7, 11) is 0. The first-order chi connectivity index (χ1) is 13.7. The number of ketones is 1. The van der Waals surface area contributed by atoms with Crippen LogP contribution < -0.4 is 0 Å². The second kappa shape index (κ2) is 7.56. The summed E-state index contributed by atoms with van der Waals surface area (Å²) in [6.45, 7) is 2.41. The Morgan fingerprint density at radius 2 is 1.71 bits per heavy atom. The summed E-state index contributed by atoms with van der Waals surface area (Å²) < 4.78 is 12.3. The van der Waals surface area contributed by atoms with Crippen molar-refractivity contribution in [1.29, 1.82) is 0 Å². The van der Waals surface area contributed by atoms with E-state index in [2.05, 4.69) is 4.57 Å². The number of hydrogen-bond donors (Lipinski definition) is 0. The Morgan fingerprint density at radius 3 is 2.43 bits per heavy atom. The number of rotatable bonds is 6. The van der Waals surface area contributed by atoms with E-state index < -0.39 is 5.97 Å². The van der Waals surface area contributed by atoms with Crippen molar-refractivity contribution in [3.63, 3.8) is 0 Å². The quantitative estimate of drug-likeness (QED) is 0.354. The second-order valence-electron chi connectivity index (χ2n) is 6.33. The van der Waals surface area contributed by atoms with Crippen LogP contribution in [0.3, 0.4) is 0 Å². The number of esters is 1. The van der Waals surface area contributed by atoms with E-state index in [0.717, 1.165) is 22.2 Å². The zero-order valence-electron chi connectivity index (χ0n) is 15.4. The molecule has 0 atom stereocenters. The largest absolute Gasteiger partial charge is 0.457 e. The van der Waals surface area contributed by atoms with Gasteiger partial charge in [0, 0.05) is 17.4 Å². The maximum absolute atomic E-state index is 13.1. The predicted octanol–water partition coefficient (Wildman–Crippen LogP) is 4.96. The molecule has 28 heavy (non-hydrogen) atoms. The molecule has 2 heterocycles. The first-order valence-electron chi connectivity index (χ1n) is 9.11. The maximum atomic E-state index is 13.1. The van der Waals surface area contributed by atoms with E-state index in [1.165, 1.54) is 12.3 Å². The molecule has 0 bridgehead atoms. The van der Waals surface area contributed by atoms with Crippen molar-refractivity contribution in [3.8, 4) is 11.3 Å². The number of aryl methyl sites for hydroxylation is 1. The monoisotopic (exact) mass is 373 g/mol. The molecule has 0 radical (unpaired) electrons. The first kappa shape index (κ1) is 17.8. The number of hydrogen-bond acceptors (Lipinski definition) is 4. The molecule has 0 aliphatic carbocycles. The maximum Gasteiger partial charge on any atom is 0.374 e. The van der Waals surface area contributed by atoms with Gasteiger partial charge in [0.2, 0.25) is 11.5 Å². The van der Waals surface area contributed by atoms with E-state index in [-0.39, 0.29) is 18.2 Å². The van der Waals surface area contributed by atoms with Crippen LogP contribution in [0.5, 0.6) is 0 Å². The Labute approximate surface area is 162 Å². The summed E-state index contributed by atoms with van der Waals surface area (Å²) in [6.07, 6.45) is 1.39. The van der Waals surface area contributed by atoms with Crippen LogP contribution in [0.2, 0.25) is 0 Å². The van der Waals surface area contributed by atoms with Crippen LogP contribution >= 0.6 is 0 Å². The van der Waals surface area contributed by atoms with Gasteiger partial charge in [0.1, 0.15) is 0 Å². The topological polar surface area (TPSA) is 61.4 Å². The zero-order chi connectivity index (χ0) is 19.5. The molecule has 0 aliphatic heterocycles. The average molecular weight is 373 g/mol. The highest BCUT2D eigenvalue weighted by molar-refractivity contribution is 6.14. The Hall–Kier alpha value is -3.60. The van der Waals surface area contributed by atoms with Crippen LogP contribution in [0.4, 0.5) is 0 Å². The fourth-order valence-electron chi connectivity index (χ4n) is 3.48. The minimum atomic E-state index is -0.654. The fraction of sp³-hybridized carbons (Fsp3) is 0.130. The Balaban J connectivity index is 1.77. The molecule has 0 spiro atoms. The van der Waals surface area contributed by atoms with Gasteiger partial charge in [0.25, 0.3) is 0 Å².